The molecule has 1 unspecified atom stereocenters. The van der Waals surface area contributed by atoms with Crippen molar-refractivity contribution in [2.45, 2.75) is 25.8 Å². The number of benzene rings is 1. The van der Waals surface area contributed by atoms with E-state index in [-0.39, 0.29) is 11.9 Å². The van der Waals surface area contributed by atoms with Gasteiger partial charge in [0.1, 0.15) is 11.6 Å². The first-order chi connectivity index (χ1) is 8.17. The van der Waals surface area contributed by atoms with Gasteiger partial charge in [-0.2, -0.15) is 0 Å². The van der Waals surface area contributed by atoms with Gasteiger partial charge in [0.2, 0.25) is 0 Å². The maximum absolute atomic E-state index is 13.4. The predicted molar refractivity (Wildman–Crippen MR) is 64.0 cm³/mol. The van der Waals surface area contributed by atoms with Gasteiger partial charge in [0.25, 0.3) is 0 Å². The highest BCUT2D eigenvalue weighted by Crippen LogP contribution is 2.13. The van der Waals surface area contributed by atoms with Gasteiger partial charge in [-0.05, 0) is 50.6 Å². The Morgan fingerprint density at radius 3 is 2.76 bits per heavy atom. The summed E-state index contributed by atoms with van der Waals surface area (Å²) in [6, 6.07) is 3.64. The highest BCUT2D eigenvalue weighted by Gasteiger charge is 2.11. The van der Waals surface area contributed by atoms with Crippen LogP contribution in [0, 0.1) is 11.6 Å². The number of likely N-dealkylation sites (N-methyl/N-ethyl adjacent to an activating group) is 1. The van der Waals surface area contributed by atoms with Crippen molar-refractivity contribution in [2.75, 3.05) is 20.3 Å². The van der Waals surface area contributed by atoms with Crippen LogP contribution in [0.3, 0.4) is 0 Å². The fourth-order valence-corrected chi connectivity index (χ4v) is 1.68. The molecule has 0 aliphatic rings. The monoisotopic (exact) mass is 243 g/mol. The van der Waals surface area contributed by atoms with Crippen LogP contribution in [0.25, 0.3) is 0 Å². The Kier molecular flexibility index (Phi) is 6.08. The van der Waals surface area contributed by atoms with Gasteiger partial charge in [-0.3, -0.25) is 0 Å². The Labute approximate surface area is 101 Å². The molecular weight excluding hydrogens is 224 g/mol. The van der Waals surface area contributed by atoms with Gasteiger partial charge in [-0.25, -0.2) is 8.78 Å². The van der Waals surface area contributed by atoms with Crippen LogP contribution in [0.4, 0.5) is 8.78 Å². The van der Waals surface area contributed by atoms with E-state index in [1.54, 1.807) is 0 Å². The van der Waals surface area contributed by atoms with Crippen LogP contribution >= 0.6 is 0 Å². The van der Waals surface area contributed by atoms with Crippen molar-refractivity contribution in [2.24, 2.45) is 0 Å². The van der Waals surface area contributed by atoms with Gasteiger partial charge in [0, 0.05) is 19.3 Å². The smallest absolute Gasteiger partial charge is 0.126 e. The highest BCUT2D eigenvalue weighted by molar-refractivity contribution is 5.19. The molecule has 1 aromatic carbocycles. The van der Waals surface area contributed by atoms with Gasteiger partial charge in [0.15, 0.2) is 0 Å². The Morgan fingerprint density at radius 1 is 1.35 bits per heavy atom. The molecule has 0 aliphatic carbocycles. The number of halogens is 2. The summed E-state index contributed by atoms with van der Waals surface area (Å²) in [4.78, 5) is 0. The lowest BCUT2D eigenvalue weighted by molar-refractivity contribution is 0.137. The summed E-state index contributed by atoms with van der Waals surface area (Å²) < 4.78 is 31.7. The molecule has 0 saturated heterocycles. The molecule has 17 heavy (non-hydrogen) atoms. The first-order valence-electron chi connectivity index (χ1n) is 5.86. The van der Waals surface area contributed by atoms with Gasteiger partial charge in [-0.15, -0.1) is 0 Å². The number of hydrogen-bond donors (Lipinski definition) is 1. The predicted octanol–water partition coefficient (Wildman–Crippen LogP) is 2.52. The first kappa shape index (κ1) is 14.1. The van der Waals surface area contributed by atoms with Crippen LogP contribution in [-0.2, 0) is 11.2 Å². The third-order valence-corrected chi connectivity index (χ3v) is 2.70. The van der Waals surface area contributed by atoms with Crippen molar-refractivity contribution in [3.05, 3.63) is 35.4 Å². The molecule has 0 bridgehead atoms. The molecule has 1 N–H and O–H groups in total. The van der Waals surface area contributed by atoms with Gasteiger partial charge in [0.05, 0.1) is 0 Å². The van der Waals surface area contributed by atoms with E-state index < -0.39 is 5.82 Å². The number of ether oxygens (including phenoxy) is 1. The second-order valence-corrected chi connectivity index (χ2v) is 3.91. The zero-order valence-electron chi connectivity index (χ0n) is 10.3. The summed E-state index contributed by atoms with van der Waals surface area (Å²) in [7, 11) is 1.81. The van der Waals surface area contributed by atoms with Crippen molar-refractivity contribution >= 4 is 0 Å². The molecule has 96 valence electrons. The topological polar surface area (TPSA) is 21.3 Å². The van der Waals surface area contributed by atoms with Crippen molar-refractivity contribution in [3.8, 4) is 0 Å². The van der Waals surface area contributed by atoms with E-state index in [4.69, 9.17) is 4.74 Å². The average Bonchev–Trinajstić information content (AvgIpc) is 2.32. The van der Waals surface area contributed by atoms with E-state index in [9.17, 15) is 8.78 Å². The van der Waals surface area contributed by atoms with E-state index >= 15 is 0 Å². The lowest BCUT2D eigenvalue weighted by Crippen LogP contribution is -2.29. The molecule has 1 rings (SSSR count). The third-order valence-electron chi connectivity index (χ3n) is 2.70. The van der Waals surface area contributed by atoms with Crippen molar-refractivity contribution in [1.29, 1.82) is 0 Å². The number of nitrogens with one attached hydrogen (secondary N) is 1. The van der Waals surface area contributed by atoms with Gasteiger partial charge < -0.3 is 10.1 Å². The van der Waals surface area contributed by atoms with E-state index in [2.05, 4.69) is 5.32 Å². The van der Waals surface area contributed by atoms with Crippen LogP contribution in [0.5, 0.6) is 0 Å². The molecule has 0 aromatic heterocycles. The van der Waals surface area contributed by atoms with E-state index in [0.29, 0.717) is 25.2 Å². The summed E-state index contributed by atoms with van der Waals surface area (Å²) in [6.07, 6.45) is 1.24. The molecule has 0 amide bonds. The molecule has 0 aliphatic heterocycles. The first-order valence-corrected chi connectivity index (χ1v) is 5.86. The average molecular weight is 243 g/mol. The molecule has 0 saturated carbocycles. The largest absolute Gasteiger partial charge is 0.382 e. The maximum Gasteiger partial charge on any atom is 0.126 e. The molecule has 0 radical (unpaired) electrons. The summed E-state index contributed by atoms with van der Waals surface area (Å²) in [5.41, 5.74) is 0.404. The fourth-order valence-electron chi connectivity index (χ4n) is 1.68. The van der Waals surface area contributed by atoms with Crippen molar-refractivity contribution in [1.82, 2.24) is 5.32 Å². The molecule has 0 heterocycles. The van der Waals surface area contributed by atoms with Gasteiger partial charge >= 0.3 is 0 Å². The second kappa shape index (κ2) is 7.35. The van der Waals surface area contributed by atoms with Crippen LogP contribution in [-0.4, -0.2) is 26.3 Å². The number of hydrogen-bond acceptors (Lipinski definition) is 2. The standard InChI is InChI=1S/C13H19F2NO/c1-3-17-7-6-12(16-2)9-10-8-11(14)4-5-13(10)15/h4-5,8,12,16H,3,6-7,9H2,1-2H3. The molecular formula is C13H19F2NO. The Hall–Kier alpha value is -1.00. The van der Waals surface area contributed by atoms with Crippen LogP contribution in [0.15, 0.2) is 18.2 Å². The normalized spacial score (nSPS) is 12.7. The summed E-state index contributed by atoms with van der Waals surface area (Å²) in [5, 5.41) is 3.09. The zero-order chi connectivity index (χ0) is 12.7. The Bertz CT molecular complexity index is 344. The molecule has 1 aromatic rings. The molecule has 1 atom stereocenters. The highest BCUT2D eigenvalue weighted by atomic mass is 19.1. The van der Waals surface area contributed by atoms with Gasteiger partial charge in [-0.1, -0.05) is 0 Å². The Balaban J connectivity index is 2.57. The van der Waals surface area contributed by atoms with Crippen LogP contribution in [0.2, 0.25) is 0 Å². The summed E-state index contributed by atoms with van der Waals surface area (Å²) in [6.45, 7) is 3.23. The van der Waals surface area contributed by atoms with Crippen molar-refractivity contribution in [3.63, 3.8) is 0 Å². The molecule has 0 spiro atoms. The second-order valence-electron chi connectivity index (χ2n) is 3.91. The molecule has 2 nitrogen and oxygen atoms in total. The summed E-state index contributed by atoms with van der Waals surface area (Å²) >= 11 is 0. The van der Waals surface area contributed by atoms with E-state index in [0.717, 1.165) is 12.5 Å². The minimum absolute atomic E-state index is 0.0952. The summed E-state index contributed by atoms with van der Waals surface area (Å²) in [5.74, 6) is -0.760. The van der Waals surface area contributed by atoms with Crippen LogP contribution in [0.1, 0.15) is 18.9 Å². The fraction of sp³-hybridized carbons (Fsp3) is 0.538. The SMILES string of the molecule is CCOCCC(Cc1cc(F)ccc1F)NC. The van der Waals surface area contributed by atoms with Crippen molar-refractivity contribution < 1.29 is 13.5 Å². The molecule has 4 heteroatoms. The lowest BCUT2D eigenvalue weighted by Gasteiger charge is -2.16. The molecule has 0 fully saturated rings. The minimum Gasteiger partial charge on any atom is -0.382 e. The van der Waals surface area contributed by atoms with E-state index in [1.165, 1.54) is 12.1 Å². The quantitative estimate of drug-likeness (QED) is 0.743. The number of rotatable bonds is 7. The third kappa shape index (κ3) is 4.79. The maximum atomic E-state index is 13.4. The van der Waals surface area contributed by atoms with E-state index in [1.807, 2.05) is 14.0 Å². The Morgan fingerprint density at radius 2 is 2.12 bits per heavy atom. The lowest BCUT2D eigenvalue weighted by atomic mass is 10.0. The van der Waals surface area contributed by atoms with Crippen LogP contribution < -0.4 is 5.32 Å². The zero-order valence-corrected chi connectivity index (χ0v) is 10.3. The minimum atomic E-state index is -0.402.